The lowest BCUT2D eigenvalue weighted by Gasteiger charge is -2.28. The van der Waals surface area contributed by atoms with Crippen molar-refractivity contribution in [3.63, 3.8) is 0 Å². The van der Waals surface area contributed by atoms with Crippen molar-refractivity contribution >= 4 is 32.3 Å². The molecule has 1 atom stereocenters. The molecule has 0 bridgehead atoms. The van der Waals surface area contributed by atoms with Crippen LogP contribution in [0.1, 0.15) is 56.0 Å². The Morgan fingerprint density at radius 3 is 1.49 bits per heavy atom. The summed E-state index contributed by atoms with van der Waals surface area (Å²) < 4.78 is 11.3. The lowest BCUT2D eigenvalue weighted by molar-refractivity contribution is 0.201. The third kappa shape index (κ3) is 8.89. The second-order valence-electron chi connectivity index (χ2n) is 14.3. The zero-order chi connectivity index (χ0) is 38.9. The molecule has 1 aliphatic rings. The average molecular weight is 755 g/mol. The molecule has 0 aliphatic heterocycles. The van der Waals surface area contributed by atoms with Gasteiger partial charge in [-0.05, 0) is 121 Å². The molecule has 0 saturated heterocycles. The van der Waals surface area contributed by atoms with E-state index < -0.39 is 0 Å². The fourth-order valence-electron chi connectivity index (χ4n) is 7.75. The van der Waals surface area contributed by atoms with Gasteiger partial charge in [-0.25, -0.2) is 0 Å². The van der Waals surface area contributed by atoms with Crippen LogP contribution < -0.4 is 9.47 Å². The van der Waals surface area contributed by atoms with E-state index in [2.05, 4.69) is 166 Å². The fraction of sp³-hybridized carbons (Fsp3) is 0.208. The maximum Gasteiger partial charge on any atom is 0.120 e. The quantitative estimate of drug-likeness (QED) is 0.154. The van der Waals surface area contributed by atoms with Gasteiger partial charge in [-0.3, -0.25) is 0 Å². The smallest absolute Gasteiger partial charge is 0.120 e. The fourth-order valence-corrected chi connectivity index (χ4v) is 7.75. The van der Waals surface area contributed by atoms with Crippen LogP contribution in [-0.2, 0) is 18.3 Å². The van der Waals surface area contributed by atoms with E-state index in [0.717, 1.165) is 35.1 Å². The summed E-state index contributed by atoms with van der Waals surface area (Å²) in [4.78, 5) is 0. The van der Waals surface area contributed by atoms with Crippen LogP contribution in [0.3, 0.4) is 0 Å². The molecular formula is C53H54O4. The van der Waals surface area contributed by atoms with Crippen LogP contribution in [0, 0.1) is 0 Å². The summed E-state index contributed by atoms with van der Waals surface area (Å²) in [5.74, 6) is 1.53. The Kier molecular flexibility index (Phi) is 13.4. The van der Waals surface area contributed by atoms with Crippen molar-refractivity contribution in [2.45, 2.75) is 46.5 Å². The van der Waals surface area contributed by atoms with Crippen molar-refractivity contribution in [3.05, 3.63) is 192 Å². The van der Waals surface area contributed by atoms with Gasteiger partial charge in [0.15, 0.2) is 0 Å². The molecule has 4 nitrogen and oxygen atoms in total. The van der Waals surface area contributed by atoms with E-state index >= 15 is 0 Å². The molecule has 2 N–H and O–H groups in total. The van der Waals surface area contributed by atoms with E-state index in [1.54, 1.807) is 0 Å². The highest BCUT2D eigenvalue weighted by molar-refractivity contribution is 5.89. The number of aliphatic hydroxyl groups excluding tert-OH is 2. The van der Waals surface area contributed by atoms with Crippen LogP contribution in [0.25, 0.3) is 43.4 Å². The van der Waals surface area contributed by atoms with Crippen LogP contribution in [0.4, 0.5) is 0 Å². The largest absolute Gasteiger partial charge is 0.491 e. The summed E-state index contributed by atoms with van der Waals surface area (Å²) in [6.07, 6.45) is 2.23. The minimum Gasteiger partial charge on any atom is -0.491 e. The Bertz CT molecular complexity index is 2490. The first-order valence-corrected chi connectivity index (χ1v) is 19.7. The van der Waals surface area contributed by atoms with Crippen LogP contribution in [-0.4, -0.2) is 36.6 Å². The summed E-state index contributed by atoms with van der Waals surface area (Å²) >= 11 is 0. The summed E-state index contributed by atoms with van der Waals surface area (Å²) in [5, 5.41) is 25.7. The minimum absolute atomic E-state index is 0. The molecule has 57 heavy (non-hydrogen) atoms. The van der Waals surface area contributed by atoms with E-state index in [4.69, 9.17) is 19.7 Å². The van der Waals surface area contributed by atoms with Gasteiger partial charge in [0.25, 0.3) is 0 Å². The monoisotopic (exact) mass is 754 g/mol. The van der Waals surface area contributed by atoms with Gasteiger partial charge in [-0.2, -0.15) is 0 Å². The van der Waals surface area contributed by atoms with Gasteiger partial charge in [-0.1, -0.05) is 155 Å². The van der Waals surface area contributed by atoms with E-state index in [1.165, 1.54) is 60.5 Å². The molecule has 0 aromatic heterocycles. The van der Waals surface area contributed by atoms with E-state index in [1.807, 2.05) is 18.2 Å². The van der Waals surface area contributed by atoms with Crippen LogP contribution in [0.2, 0.25) is 0 Å². The van der Waals surface area contributed by atoms with Gasteiger partial charge < -0.3 is 19.7 Å². The number of rotatable bonds is 9. The highest BCUT2D eigenvalue weighted by Crippen LogP contribution is 2.53. The van der Waals surface area contributed by atoms with Crippen LogP contribution >= 0.6 is 0 Å². The molecule has 0 saturated carbocycles. The second kappa shape index (κ2) is 18.8. The zero-order valence-electron chi connectivity index (χ0n) is 32.5. The summed E-state index contributed by atoms with van der Waals surface area (Å²) in [7, 11) is 0. The molecule has 8 aromatic rings. The van der Waals surface area contributed by atoms with Gasteiger partial charge in [0.05, 0.1) is 13.2 Å². The van der Waals surface area contributed by atoms with Crippen molar-refractivity contribution in [3.8, 4) is 22.6 Å². The van der Waals surface area contributed by atoms with E-state index in [9.17, 15) is 0 Å². The molecule has 0 heterocycles. The molecular weight excluding hydrogens is 701 g/mol. The number of hydrogen-bond donors (Lipinski definition) is 2. The lowest BCUT2D eigenvalue weighted by Crippen LogP contribution is -2.22. The first-order valence-electron chi connectivity index (χ1n) is 19.7. The van der Waals surface area contributed by atoms with Gasteiger partial charge in [0, 0.05) is 5.41 Å². The topological polar surface area (TPSA) is 58.9 Å². The molecule has 0 amide bonds. The Morgan fingerprint density at radius 2 is 0.895 bits per heavy atom. The molecule has 1 aliphatic carbocycles. The summed E-state index contributed by atoms with van der Waals surface area (Å²) in [6, 6.07) is 57.6. The lowest BCUT2D eigenvalue weighted by atomic mass is 9.74. The summed E-state index contributed by atoms with van der Waals surface area (Å²) in [5.41, 5.74) is 8.67. The van der Waals surface area contributed by atoms with Gasteiger partial charge in [0.1, 0.15) is 24.7 Å². The standard InChI is InChI=1S/C28H26O4.2C12H12.CH4/c1-28(21-8-6-20-17-22(31-14-12-29)9-7-19(20)16-21)26-5-3-2-4-24(26)25-18-23(32-15-13-30)10-11-27(25)28;2*1-2-10-7-8-11-5-3-4-6-12(11)9-10;/h2-11,16-18,29-30H,12-15H2,1H3;2*3-9H,2H2,1H3;1H4. The highest BCUT2D eigenvalue weighted by atomic mass is 16.5. The maximum absolute atomic E-state index is 9.11. The molecule has 9 rings (SSSR count). The zero-order valence-corrected chi connectivity index (χ0v) is 32.5. The third-order valence-electron chi connectivity index (χ3n) is 10.8. The van der Waals surface area contributed by atoms with Crippen molar-refractivity contribution in [2.24, 2.45) is 0 Å². The minimum atomic E-state index is -0.290. The maximum atomic E-state index is 9.11. The predicted octanol–water partition coefficient (Wildman–Crippen LogP) is 12.4. The molecule has 1 unspecified atom stereocenters. The van der Waals surface area contributed by atoms with Crippen molar-refractivity contribution < 1.29 is 19.7 Å². The SMILES string of the molecule is C.CC1(c2ccc3cc(OCCO)ccc3c2)c2ccccc2-c2cc(OCCO)ccc21.CCc1ccc2ccccc2c1.CCc1ccc2ccccc2c1. The van der Waals surface area contributed by atoms with Crippen molar-refractivity contribution in [1.29, 1.82) is 0 Å². The van der Waals surface area contributed by atoms with Crippen molar-refractivity contribution in [2.75, 3.05) is 26.4 Å². The van der Waals surface area contributed by atoms with Gasteiger partial charge in [-0.15, -0.1) is 0 Å². The van der Waals surface area contributed by atoms with Crippen LogP contribution in [0.5, 0.6) is 11.5 Å². The number of aryl methyl sites for hydroxylation is 2. The second-order valence-corrected chi connectivity index (χ2v) is 14.3. The Balaban J connectivity index is 0.000000179. The molecule has 290 valence electrons. The first-order chi connectivity index (χ1) is 27.4. The molecule has 0 radical (unpaired) electrons. The number of hydrogen-bond acceptors (Lipinski definition) is 4. The summed E-state index contributed by atoms with van der Waals surface area (Å²) in [6.45, 7) is 7.22. The number of benzene rings is 8. The number of aliphatic hydroxyl groups is 2. The average Bonchev–Trinajstić information content (AvgIpc) is 3.52. The predicted molar refractivity (Wildman–Crippen MR) is 240 cm³/mol. The van der Waals surface area contributed by atoms with E-state index in [0.29, 0.717) is 6.61 Å². The molecule has 8 aromatic carbocycles. The van der Waals surface area contributed by atoms with Gasteiger partial charge in [0.2, 0.25) is 0 Å². The van der Waals surface area contributed by atoms with Gasteiger partial charge >= 0.3 is 0 Å². The van der Waals surface area contributed by atoms with Crippen LogP contribution in [0.15, 0.2) is 164 Å². The number of fused-ring (bicyclic) bond motifs is 6. The highest BCUT2D eigenvalue weighted by Gasteiger charge is 2.40. The Morgan fingerprint density at radius 1 is 0.439 bits per heavy atom. The molecule has 0 fully saturated rings. The third-order valence-corrected chi connectivity index (χ3v) is 10.8. The molecule has 4 heteroatoms. The van der Waals surface area contributed by atoms with E-state index in [-0.39, 0.29) is 32.7 Å². The Labute approximate surface area is 338 Å². The normalized spacial score (nSPS) is 13.7. The first kappa shape index (κ1) is 40.7. The number of ether oxygens (including phenoxy) is 2. The molecule has 0 spiro atoms. The Hall–Kier alpha value is -5.94. The van der Waals surface area contributed by atoms with Crippen molar-refractivity contribution in [1.82, 2.24) is 0 Å².